The highest BCUT2D eigenvalue weighted by Crippen LogP contribution is 2.24. The fourth-order valence-electron chi connectivity index (χ4n) is 2.27. The molecule has 0 bridgehead atoms. The van der Waals surface area contributed by atoms with E-state index in [2.05, 4.69) is 30.6 Å². The Balaban J connectivity index is 2.06. The Morgan fingerprint density at radius 1 is 1.19 bits per heavy atom. The van der Waals surface area contributed by atoms with Crippen LogP contribution < -0.4 is 16.4 Å². The first kappa shape index (κ1) is 17.1. The first-order chi connectivity index (χ1) is 12.3. The number of anilines is 2. The molecule has 10 heteroatoms. The highest BCUT2D eigenvalue weighted by molar-refractivity contribution is 6.13. The number of carbonyl (C=O) groups excluding carboxylic acids is 3. The molecule has 2 heterocycles. The lowest BCUT2D eigenvalue weighted by Gasteiger charge is -2.10. The van der Waals surface area contributed by atoms with Gasteiger partial charge in [0.25, 0.3) is 11.8 Å². The summed E-state index contributed by atoms with van der Waals surface area (Å²) < 4.78 is 0. The number of hydrogen-bond acceptors (Lipinski definition) is 5. The van der Waals surface area contributed by atoms with Crippen molar-refractivity contribution in [1.82, 2.24) is 19.9 Å². The van der Waals surface area contributed by atoms with Crippen LogP contribution in [-0.4, -0.2) is 37.7 Å². The lowest BCUT2D eigenvalue weighted by Crippen LogP contribution is -2.19. The Morgan fingerprint density at radius 2 is 1.96 bits per heavy atom. The van der Waals surface area contributed by atoms with Crippen LogP contribution in [0.3, 0.4) is 0 Å². The zero-order valence-electron chi connectivity index (χ0n) is 14.1. The Hall–Kier alpha value is -3.69. The third-order valence-corrected chi connectivity index (χ3v) is 3.59. The summed E-state index contributed by atoms with van der Waals surface area (Å²) in [4.78, 5) is 49.5. The molecule has 0 unspecified atom stereocenters. The smallest absolute Gasteiger partial charge is 0.284 e. The van der Waals surface area contributed by atoms with Crippen LogP contribution in [0.4, 0.5) is 11.6 Å². The summed E-state index contributed by atoms with van der Waals surface area (Å²) in [6.45, 7) is 3.50. The minimum absolute atomic E-state index is 0.0839. The SMILES string of the molecule is CC(C)C(=O)Nc1cc(C(=O)Nc2ncc[nH]2)c2nc(C(N)=O)[nH]c2c1. The van der Waals surface area contributed by atoms with Gasteiger partial charge in [0.15, 0.2) is 5.82 Å². The van der Waals surface area contributed by atoms with Crippen molar-refractivity contribution in [3.05, 3.63) is 35.9 Å². The zero-order chi connectivity index (χ0) is 18.8. The number of fused-ring (bicyclic) bond motifs is 1. The normalized spacial score (nSPS) is 10.9. The highest BCUT2D eigenvalue weighted by atomic mass is 16.2. The molecule has 134 valence electrons. The Labute approximate surface area is 147 Å². The molecule has 2 aromatic heterocycles. The molecular formula is C16H17N7O3. The summed E-state index contributed by atoms with van der Waals surface area (Å²) in [5.74, 6) is -1.55. The summed E-state index contributed by atoms with van der Waals surface area (Å²) in [6.07, 6.45) is 3.05. The van der Waals surface area contributed by atoms with Gasteiger partial charge in [-0.3, -0.25) is 19.7 Å². The van der Waals surface area contributed by atoms with Gasteiger partial charge in [0, 0.05) is 24.0 Å². The number of amides is 3. The topological polar surface area (TPSA) is 159 Å². The molecule has 0 aliphatic rings. The van der Waals surface area contributed by atoms with Crippen molar-refractivity contribution >= 4 is 40.4 Å². The van der Waals surface area contributed by atoms with Gasteiger partial charge in [-0.2, -0.15) is 0 Å². The summed E-state index contributed by atoms with van der Waals surface area (Å²) in [6, 6.07) is 3.06. The number of aromatic nitrogens is 4. The van der Waals surface area contributed by atoms with Crippen molar-refractivity contribution in [2.75, 3.05) is 10.6 Å². The van der Waals surface area contributed by atoms with Gasteiger partial charge in [-0.1, -0.05) is 13.8 Å². The summed E-state index contributed by atoms with van der Waals surface area (Å²) in [5, 5.41) is 5.30. The maximum atomic E-state index is 12.6. The fourth-order valence-corrected chi connectivity index (χ4v) is 2.27. The quantitative estimate of drug-likeness (QED) is 0.465. The van der Waals surface area contributed by atoms with E-state index in [1.54, 1.807) is 26.1 Å². The molecule has 0 aliphatic carbocycles. The number of H-pyrrole nitrogens is 2. The first-order valence-corrected chi connectivity index (χ1v) is 7.80. The Bertz CT molecular complexity index is 989. The van der Waals surface area contributed by atoms with E-state index in [0.717, 1.165) is 0 Å². The van der Waals surface area contributed by atoms with E-state index in [-0.39, 0.29) is 34.7 Å². The van der Waals surface area contributed by atoms with Gasteiger partial charge in [-0.05, 0) is 12.1 Å². The van der Waals surface area contributed by atoms with Crippen molar-refractivity contribution < 1.29 is 14.4 Å². The lowest BCUT2D eigenvalue weighted by atomic mass is 10.1. The van der Waals surface area contributed by atoms with Gasteiger partial charge in [-0.15, -0.1) is 0 Å². The highest BCUT2D eigenvalue weighted by Gasteiger charge is 2.19. The molecule has 10 nitrogen and oxygen atoms in total. The van der Waals surface area contributed by atoms with Gasteiger partial charge < -0.3 is 21.0 Å². The number of aromatic amines is 2. The van der Waals surface area contributed by atoms with Crippen LogP contribution in [0.15, 0.2) is 24.5 Å². The molecule has 3 rings (SSSR count). The van der Waals surface area contributed by atoms with Crippen molar-refractivity contribution in [1.29, 1.82) is 0 Å². The lowest BCUT2D eigenvalue weighted by molar-refractivity contribution is -0.118. The molecule has 0 radical (unpaired) electrons. The molecule has 0 saturated carbocycles. The zero-order valence-corrected chi connectivity index (χ0v) is 14.1. The number of rotatable bonds is 5. The van der Waals surface area contributed by atoms with E-state index in [9.17, 15) is 14.4 Å². The fraction of sp³-hybridized carbons (Fsp3) is 0.188. The molecule has 0 fully saturated rings. The molecule has 0 spiro atoms. The standard InChI is InChI=1S/C16H17N7O3/c1-7(2)14(25)20-8-5-9(15(26)23-16-18-3-4-19-16)11-10(6-8)21-13(22-11)12(17)24/h3-7H,1-2H3,(H2,17,24)(H,20,25)(H,21,22)(H2,18,19,23,26). The Morgan fingerprint density at radius 3 is 2.58 bits per heavy atom. The first-order valence-electron chi connectivity index (χ1n) is 7.80. The number of hydrogen-bond donors (Lipinski definition) is 5. The number of imidazole rings is 2. The van der Waals surface area contributed by atoms with Crippen LogP contribution in [0.2, 0.25) is 0 Å². The monoisotopic (exact) mass is 355 g/mol. The van der Waals surface area contributed by atoms with E-state index in [1.807, 2.05) is 0 Å². The van der Waals surface area contributed by atoms with Gasteiger partial charge in [0.1, 0.15) is 5.52 Å². The summed E-state index contributed by atoms with van der Waals surface area (Å²) in [7, 11) is 0. The van der Waals surface area contributed by atoms with Crippen molar-refractivity contribution in [3.8, 4) is 0 Å². The second-order valence-corrected chi connectivity index (χ2v) is 5.91. The maximum Gasteiger partial charge on any atom is 0.284 e. The molecule has 0 aliphatic heterocycles. The average molecular weight is 355 g/mol. The van der Waals surface area contributed by atoms with Crippen molar-refractivity contribution in [2.45, 2.75) is 13.8 Å². The predicted octanol–water partition coefficient (Wildman–Crippen LogP) is 1.23. The minimum atomic E-state index is -0.758. The molecule has 0 atom stereocenters. The van der Waals surface area contributed by atoms with Crippen LogP contribution >= 0.6 is 0 Å². The third kappa shape index (κ3) is 3.38. The maximum absolute atomic E-state index is 12.6. The third-order valence-electron chi connectivity index (χ3n) is 3.59. The van der Waals surface area contributed by atoms with Gasteiger partial charge in [0.2, 0.25) is 11.9 Å². The molecule has 0 saturated heterocycles. The van der Waals surface area contributed by atoms with Crippen molar-refractivity contribution in [2.24, 2.45) is 11.7 Å². The van der Waals surface area contributed by atoms with Crippen LogP contribution in [0.25, 0.3) is 11.0 Å². The van der Waals surface area contributed by atoms with E-state index < -0.39 is 11.8 Å². The van der Waals surface area contributed by atoms with E-state index in [0.29, 0.717) is 11.2 Å². The minimum Gasteiger partial charge on any atom is -0.363 e. The van der Waals surface area contributed by atoms with Crippen LogP contribution in [0, 0.1) is 5.92 Å². The number of primary amides is 1. The van der Waals surface area contributed by atoms with E-state index >= 15 is 0 Å². The number of nitrogens with zero attached hydrogens (tertiary/aromatic N) is 2. The molecule has 3 aromatic rings. The van der Waals surface area contributed by atoms with Crippen LogP contribution in [0.1, 0.15) is 34.8 Å². The van der Waals surface area contributed by atoms with E-state index in [1.165, 1.54) is 12.3 Å². The molecule has 26 heavy (non-hydrogen) atoms. The van der Waals surface area contributed by atoms with Gasteiger partial charge in [-0.25, -0.2) is 9.97 Å². The van der Waals surface area contributed by atoms with Crippen molar-refractivity contribution in [3.63, 3.8) is 0 Å². The largest absolute Gasteiger partial charge is 0.363 e. The number of nitrogens with one attached hydrogen (secondary N) is 4. The summed E-state index contributed by atoms with van der Waals surface area (Å²) in [5.41, 5.74) is 6.45. The average Bonchev–Trinajstić information content (AvgIpc) is 3.22. The van der Waals surface area contributed by atoms with Crippen LogP contribution in [-0.2, 0) is 4.79 Å². The predicted molar refractivity (Wildman–Crippen MR) is 94.6 cm³/mol. The number of benzene rings is 1. The molecule has 3 amide bonds. The molecular weight excluding hydrogens is 338 g/mol. The second-order valence-electron chi connectivity index (χ2n) is 5.91. The molecule has 6 N–H and O–H groups in total. The molecule has 1 aromatic carbocycles. The number of carbonyl (C=O) groups is 3. The summed E-state index contributed by atoms with van der Waals surface area (Å²) >= 11 is 0. The van der Waals surface area contributed by atoms with Gasteiger partial charge >= 0.3 is 0 Å². The Kier molecular flexibility index (Phi) is 4.40. The van der Waals surface area contributed by atoms with Crippen LogP contribution in [0.5, 0.6) is 0 Å². The van der Waals surface area contributed by atoms with E-state index in [4.69, 9.17) is 5.73 Å². The van der Waals surface area contributed by atoms with Gasteiger partial charge in [0.05, 0.1) is 11.1 Å². The number of nitrogens with two attached hydrogens (primary N) is 1. The second kappa shape index (κ2) is 6.67.